The van der Waals surface area contributed by atoms with E-state index < -0.39 is 28.1 Å². The highest BCUT2D eigenvalue weighted by atomic mass is 32.2. The van der Waals surface area contributed by atoms with Gasteiger partial charge in [-0.25, -0.2) is 8.42 Å². The summed E-state index contributed by atoms with van der Waals surface area (Å²) >= 11 is 0. The molecule has 0 radical (unpaired) electrons. The maximum absolute atomic E-state index is 12.5. The minimum atomic E-state index is -4.97. The third kappa shape index (κ3) is 4.07. The first-order valence-electron chi connectivity index (χ1n) is 7.49. The lowest BCUT2D eigenvalue weighted by molar-refractivity contribution is -0.174. The Morgan fingerprint density at radius 1 is 1.25 bits per heavy atom. The van der Waals surface area contributed by atoms with Crippen molar-refractivity contribution in [3.63, 3.8) is 0 Å². The van der Waals surface area contributed by atoms with Crippen molar-refractivity contribution in [2.75, 3.05) is 13.1 Å². The maximum atomic E-state index is 12.5. The lowest BCUT2D eigenvalue weighted by Crippen LogP contribution is -2.44. The minimum Gasteiger partial charge on any atom is -0.344 e. The Morgan fingerprint density at radius 3 is 2.33 bits per heavy atom. The van der Waals surface area contributed by atoms with E-state index in [0.717, 1.165) is 9.87 Å². The summed E-state index contributed by atoms with van der Waals surface area (Å²) in [5, 5.41) is 1.83. The number of benzene rings is 1. The number of sulfonamides is 1. The van der Waals surface area contributed by atoms with Crippen LogP contribution in [-0.2, 0) is 14.8 Å². The molecule has 1 aliphatic rings. The van der Waals surface area contributed by atoms with E-state index in [1.165, 1.54) is 12.1 Å². The molecule has 1 unspecified atom stereocenters. The second-order valence-electron chi connectivity index (χ2n) is 6.04. The fourth-order valence-electron chi connectivity index (χ4n) is 2.51. The molecule has 0 aliphatic carbocycles. The van der Waals surface area contributed by atoms with E-state index >= 15 is 0 Å². The van der Waals surface area contributed by atoms with Crippen molar-refractivity contribution >= 4 is 15.9 Å². The van der Waals surface area contributed by atoms with Gasteiger partial charge >= 0.3 is 12.1 Å². The van der Waals surface area contributed by atoms with Crippen molar-refractivity contribution in [2.45, 2.75) is 43.3 Å². The Kier molecular flexibility index (Phi) is 5.24. The van der Waals surface area contributed by atoms with Crippen LogP contribution >= 0.6 is 0 Å². The molecule has 1 aromatic carbocycles. The molecular formula is C15H19F3N2O3S. The fourth-order valence-corrected chi connectivity index (χ4v) is 4.01. The third-order valence-electron chi connectivity index (χ3n) is 3.93. The van der Waals surface area contributed by atoms with Gasteiger partial charge in [0.25, 0.3) is 0 Å². The number of hydrogen-bond acceptors (Lipinski definition) is 3. The summed E-state index contributed by atoms with van der Waals surface area (Å²) in [7, 11) is -3.78. The molecule has 0 bridgehead atoms. The average Bonchev–Trinajstić information content (AvgIpc) is 2.95. The van der Waals surface area contributed by atoms with Crippen molar-refractivity contribution < 1.29 is 26.4 Å². The number of nitrogens with one attached hydrogen (secondary N) is 1. The molecule has 9 heteroatoms. The van der Waals surface area contributed by atoms with E-state index in [1.807, 2.05) is 19.2 Å². The normalized spacial score (nSPS) is 19.7. The lowest BCUT2D eigenvalue weighted by Gasteiger charge is -2.18. The van der Waals surface area contributed by atoms with E-state index in [1.54, 1.807) is 12.1 Å². The molecule has 1 amide bonds. The van der Waals surface area contributed by atoms with Crippen molar-refractivity contribution in [2.24, 2.45) is 0 Å². The molecular weight excluding hydrogens is 345 g/mol. The molecule has 24 heavy (non-hydrogen) atoms. The number of hydrogen-bond donors (Lipinski definition) is 1. The molecule has 0 spiro atoms. The zero-order valence-corrected chi connectivity index (χ0v) is 14.1. The Hall–Kier alpha value is -1.61. The van der Waals surface area contributed by atoms with Gasteiger partial charge in [-0.3, -0.25) is 4.79 Å². The highest BCUT2D eigenvalue weighted by Gasteiger charge is 2.41. The SMILES string of the molecule is CC(C)c1ccc(S(=O)(=O)N2CCC(NC(=O)C(F)(F)F)C2)cc1. The number of amides is 1. The van der Waals surface area contributed by atoms with Crippen LogP contribution in [0.1, 0.15) is 31.7 Å². The molecule has 1 aliphatic heterocycles. The minimum absolute atomic E-state index is 0.0665. The van der Waals surface area contributed by atoms with Crippen molar-refractivity contribution in [1.82, 2.24) is 9.62 Å². The van der Waals surface area contributed by atoms with Gasteiger partial charge in [0.2, 0.25) is 10.0 Å². The number of carbonyl (C=O) groups excluding carboxylic acids is 1. The van der Waals surface area contributed by atoms with Crippen LogP contribution in [0, 0.1) is 0 Å². The van der Waals surface area contributed by atoms with Crippen LogP contribution in [0.2, 0.25) is 0 Å². The van der Waals surface area contributed by atoms with Gasteiger partial charge in [-0.15, -0.1) is 0 Å². The van der Waals surface area contributed by atoms with E-state index in [4.69, 9.17) is 0 Å². The smallest absolute Gasteiger partial charge is 0.344 e. The summed E-state index contributed by atoms with van der Waals surface area (Å²) < 4.78 is 62.9. The van der Waals surface area contributed by atoms with Crippen molar-refractivity contribution in [1.29, 1.82) is 0 Å². The fraction of sp³-hybridized carbons (Fsp3) is 0.533. The zero-order chi connectivity index (χ0) is 18.1. The van der Waals surface area contributed by atoms with Gasteiger partial charge in [-0.2, -0.15) is 17.5 Å². The van der Waals surface area contributed by atoms with Crippen LogP contribution in [0.25, 0.3) is 0 Å². The number of alkyl halides is 3. The number of nitrogens with zero attached hydrogens (tertiary/aromatic N) is 1. The Morgan fingerprint density at radius 2 is 1.83 bits per heavy atom. The Balaban J connectivity index is 2.07. The average molecular weight is 364 g/mol. The van der Waals surface area contributed by atoms with Gasteiger partial charge in [-0.1, -0.05) is 26.0 Å². The summed E-state index contributed by atoms with van der Waals surface area (Å²) in [5.74, 6) is -1.79. The highest BCUT2D eigenvalue weighted by molar-refractivity contribution is 7.89. The molecule has 2 rings (SSSR count). The second kappa shape index (κ2) is 6.72. The molecule has 1 saturated heterocycles. The summed E-state index contributed by atoms with van der Waals surface area (Å²) in [4.78, 5) is 11.0. The first kappa shape index (κ1) is 18.7. The van der Waals surface area contributed by atoms with Gasteiger partial charge in [0.1, 0.15) is 0 Å². The predicted octanol–water partition coefficient (Wildman–Crippen LogP) is 2.25. The lowest BCUT2D eigenvalue weighted by atomic mass is 10.0. The number of halogens is 3. The summed E-state index contributed by atoms with van der Waals surface area (Å²) in [6.07, 6.45) is -4.83. The van der Waals surface area contributed by atoms with Crippen LogP contribution in [0.4, 0.5) is 13.2 Å². The van der Waals surface area contributed by atoms with Gasteiger partial charge in [0, 0.05) is 19.1 Å². The summed E-state index contributed by atoms with van der Waals surface area (Å²) in [6, 6.07) is 5.58. The first-order valence-corrected chi connectivity index (χ1v) is 8.93. The van der Waals surface area contributed by atoms with Crippen LogP contribution < -0.4 is 5.32 Å². The van der Waals surface area contributed by atoms with E-state index in [0.29, 0.717) is 0 Å². The molecule has 0 saturated carbocycles. The van der Waals surface area contributed by atoms with Crippen LogP contribution in [-0.4, -0.2) is 43.9 Å². The summed E-state index contributed by atoms with van der Waals surface area (Å²) in [5.41, 5.74) is 0.991. The van der Waals surface area contributed by atoms with Crippen LogP contribution in [0.5, 0.6) is 0 Å². The Bertz CT molecular complexity index is 700. The molecule has 1 N–H and O–H groups in total. The van der Waals surface area contributed by atoms with E-state index in [-0.39, 0.29) is 30.3 Å². The monoisotopic (exact) mass is 364 g/mol. The number of rotatable bonds is 4. The molecule has 1 fully saturated rings. The maximum Gasteiger partial charge on any atom is 0.471 e. The molecule has 1 aromatic rings. The van der Waals surface area contributed by atoms with E-state index in [2.05, 4.69) is 0 Å². The molecule has 134 valence electrons. The van der Waals surface area contributed by atoms with Crippen molar-refractivity contribution in [3.05, 3.63) is 29.8 Å². The quantitative estimate of drug-likeness (QED) is 0.891. The molecule has 1 heterocycles. The first-order chi connectivity index (χ1) is 11.0. The molecule has 0 aromatic heterocycles. The predicted molar refractivity (Wildman–Crippen MR) is 81.9 cm³/mol. The molecule has 1 atom stereocenters. The summed E-state index contributed by atoms with van der Waals surface area (Å²) in [6.45, 7) is 3.86. The number of carbonyl (C=O) groups is 1. The van der Waals surface area contributed by atoms with Gasteiger partial charge in [-0.05, 0) is 30.0 Å². The second-order valence-corrected chi connectivity index (χ2v) is 7.98. The van der Waals surface area contributed by atoms with Gasteiger partial charge < -0.3 is 5.32 Å². The standard InChI is InChI=1S/C15H19F3N2O3S/c1-10(2)11-3-5-13(6-4-11)24(22,23)20-8-7-12(9-20)19-14(21)15(16,17)18/h3-6,10,12H,7-9H2,1-2H3,(H,19,21). The largest absolute Gasteiger partial charge is 0.471 e. The van der Waals surface area contributed by atoms with Gasteiger partial charge in [0.15, 0.2) is 0 Å². The highest BCUT2D eigenvalue weighted by Crippen LogP contribution is 2.24. The molecule has 5 nitrogen and oxygen atoms in total. The zero-order valence-electron chi connectivity index (χ0n) is 13.3. The van der Waals surface area contributed by atoms with Gasteiger partial charge in [0.05, 0.1) is 4.90 Å². The Labute approximate surface area is 138 Å². The van der Waals surface area contributed by atoms with Crippen molar-refractivity contribution in [3.8, 4) is 0 Å². The van der Waals surface area contributed by atoms with Crippen LogP contribution in [0.15, 0.2) is 29.2 Å². The van der Waals surface area contributed by atoms with Crippen LogP contribution in [0.3, 0.4) is 0 Å². The van der Waals surface area contributed by atoms with E-state index in [9.17, 15) is 26.4 Å². The topological polar surface area (TPSA) is 66.5 Å². The third-order valence-corrected chi connectivity index (χ3v) is 5.81.